The maximum Gasteiger partial charge on any atom is 0.271 e. The minimum Gasteiger partial charge on any atom is -0.263 e. The maximum atomic E-state index is 10.4. The third-order valence-electron chi connectivity index (χ3n) is 1.62. The van der Waals surface area contributed by atoms with Gasteiger partial charge in [0.1, 0.15) is 0 Å². The molecule has 0 saturated heterocycles. The van der Waals surface area contributed by atoms with Crippen molar-refractivity contribution < 1.29 is 4.92 Å². The van der Waals surface area contributed by atoms with Crippen molar-refractivity contribution in [3.8, 4) is 0 Å². The van der Waals surface area contributed by atoms with E-state index in [4.69, 9.17) is 0 Å². The quantitative estimate of drug-likeness (QED) is 0.237. The lowest BCUT2D eigenvalue weighted by Crippen LogP contribution is -2.26. The molecule has 4 heteroatoms. The Hall–Kier alpha value is -0.120. The van der Waals surface area contributed by atoms with Gasteiger partial charge >= 0.3 is 0 Å². The Balaban J connectivity index is 3.64. The fourth-order valence-electron chi connectivity index (χ4n) is 0.789. The molecule has 0 bridgehead atoms. The Bertz CT molecular complexity index is 136. The summed E-state index contributed by atoms with van der Waals surface area (Å²) in [6.45, 7) is 3.68. The molecule has 1 atom stereocenters. The summed E-state index contributed by atoms with van der Waals surface area (Å²) in [5, 5.41) is 10.4. The zero-order valence-corrected chi connectivity index (χ0v) is 8.56. The van der Waals surface area contributed by atoms with E-state index in [1.807, 2.05) is 0 Å². The minimum absolute atomic E-state index is 0.275. The van der Waals surface area contributed by atoms with Gasteiger partial charge in [0.25, 0.3) is 4.45 Å². The van der Waals surface area contributed by atoms with Crippen molar-refractivity contribution in [2.75, 3.05) is 0 Å². The summed E-state index contributed by atoms with van der Waals surface area (Å²) < 4.78 is -0.915. The predicted molar refractivity (Wildman–Crippen MR) is 48.5 cm³/mol. The molecule has 0 heterocycles. The molecule has 0 aromatic carbocycles. The van der Waals surface area contributed by atoms with E-state index in [0.29, 0.717) is 6.42 Å². The Morgan fingerprint density at radius 1 is 1.55 bits per heavy atom. The summed E-state index contributed by atoms with van der Waals surface area (Å²) >= 11 is 3.08. The number of nitro groups is 1. The molecule has 0 fully saturated rings. The van der Waals surface area contributed by atoms with Gasteiger partial charge in [-0.1, -0.05) is 19.8 Å². The second-order valence-corrected chi connectivity index (χ2v) is 4.56. The normalized spacial score (nSPS) is 15.9. The summed E-state index contributed by atoms with van der Waals surface area (Å²) in [5.74, 6) is 0. The zero-order valence-electron chi connectivity index (χ0n) is 6.97. The lowest BCUT2D eigenvalue weighted by atomic mass is 10.1. The molecule has 0 saturated carbocycles. The van der Waals surface area contributed by atoms with Crippen LogP contribution in [-0.4, -0.2) is 9.37 Å². The average Bonchev–Trinajstić information content (AvgIpc) is 1.88. The van der Waals surface area contributed by atoms with Gasteiger partial charge in [0.2, 0.25) is 0 Å². The van der Waals surface area contributed by atoms with E-state index in [-0.39, 0.29) is 4.92 Å². The minimum atomic E-state index is -0.915. The highest BCUT2D eigenvalue weighted by molar-refractivity contribution is 9.10. The molecular formula is C7H14BrNO2. The second-order valence-electron chi connectivity index (χ2n) is 2.86. The molecule has 0 aliphatic rings. The molecule has 0 aromatic heterocycles. The van der Waals surface area contributed by atoms with Crippen LogP contribution in [0.3, 0.4) is 0 Å². The van der Waals surface area contributed by atoms with Gasteiger partial charge in [0.05, 0.1) is 0 Å². The van der Waals surface area contributed by atoms with Gasteiger partial charge in [-0.05, 0) is 22.4 Å². The first-order valence-corrected chi connectivity index (χ1v) is 4.63. The number of hydrogen-bond acceptors (Lipinski definition) is 2. The first-order chi connectivity index (χ1) is 5.00. The van der Waals surface area contributed by atoms with E-state index in [9.17, 15) is 10.1 Å². The van der Waals surface area contributed by atoms with Crippen molar-refractivity contribution in [1.29, 1.82) is 0 Å². The van der Waals surface area contributed by atoms with Crippen molar-refractivity contribution in [3.05, 3.63) is 10.1 Å². The van der Waals surface area contributed by atoms with Crippen LogP contribution in [-0.2, 0) is 0 Å². The Morgan fingerprint density at radius 2 is 2.09 bits per heavy atom. The molecule has 66 valence electrons. The number of rotatable bonds is 5. The van der Waals surface area contributed by atoms with Crippen molar-refractivity contribution in [2.24, 2.45) is 0 Å². The number of nitrogens with zero attached hydrogens (tertiary/aromatic N) is 1. The largest absolute Gasteiger partial charge is 0.271 e. The van der Waals surface area contributed by atoms with Crippen LogP contribution in [0.4, 0.5) is 0 Å². The smallest absolute Gasteiger partial charge is 0.263 e. The van der Waals surface area contributed by atoms with Gasteiger partial charge in [-0.2, -0.15) is 0 Å². The number of unbranched alkanes of at least 4 members (excludes halogenated alkanes) is 2. The van der Waals surface area contributed by atoms with E-state index < -0.39 is 4.45 Å². The van der Waals surface area contributed by atoms with Crippen LogP contribution < -0.4 is 0 Å². The van der Waals surface area contributed by atoms with Crippen molar-refractivity contribution in [3.63, 3.8) is 0 Å². The van der Waals surface area contributed by atoms with Crippen LogP contribution >= 0.6 is 15.9 Å². The van der Waals surface area contributed by atoms with Crippen molar-refractivity contribution in [1.82, 2.24) is 0 Å². The fourth-order valence-corrected chi connectivity index (χ4v) is 1.07. The maximum absolute atomic E-state index is 10.4. The van der Waals surface area contributed by atoms with Crippen molar-refractivity contribution in [2.45, 2.75) is 44.0 Å². The molecule has 0 radical (unpaired) electrons. The monoisotopic (exact) mass is 223 g/mol. The van der Waals surface area contributed by atoms with E-state index in [0.717, 1.165) is 19.3 Å². The van der Waals surface area contributed by atoms with Gasteiger partial charge < -0.3 is 0 Å². The zero-order chi connectivity index (χ0) is 8.91. The highest BCUT2D eigenvalue weighted by atomic mass is 79.9. The summed E-state index contributed by atoms with van der Waals surface area (Å²) in [5.41, 5.74) is 0. The third kappa shape index (κ3) is 4.35. The molecule has 0 aliphatic heterocycles. The van der Waals surface area contributed by atoms with Crippen LogP contribution in [0.1, 0.15) is 39.5 Å². The van der Waals surface area contributed by atoms with Gasteiger partial charge in [-0.15, -0.1) is 0 Å². The Kier molecular flexibility index (Phi) is 4.65. The predicted octanol–water partition coefficient (Wildman–Crippen LogP) is 2.95. The first-order valence-electron chi connectivity index (χ1n) is 3.84. The molecule has 0 aromatic rings. The second kappa shape index (κ2) is 4.70. The van der Waals surface area contributed by atoms with E-state index >= 15 is 0 Å². The molecule has 1 unspecified atom stereocenters. The summed E-state index contributed by atoms with van der Waals surface area (Å²) in [7, 11) is 0. The lowest BCUT2D eigenvalue weighted by molar-refractivity contribution is -0.531. The third-order valence-corrected chi connectivity index (χ3v) is 2.30. The number of hydrogen-bond donors (Lipinski definition) is 0. The highest BCUT2D eigenvalue weighted by Crippen LogP contribution is 2.24. The number of halogens is 1. The highest BCUT2D eigenvalue weighted by Gasteiger charge is 2.31. The summed E-state index contributed by atoms with van der Waals surface area (Å²) in [6.07, 6.45) is 3.68. The van der Waals surface area contributed by atoms with Crippen LogP contribution in [0.5, 0.6) is 0 Å². The molecule has 0 N–H and O–H groups in total. The standard InChI is InChI=1S/C7H14BrNO2/c1-3-4-5-6-7(2,8)9(10)11/h3-6H2,1-2H3. The first kappa shape index (κ1) is 10.9. The van der Waals surface area contributed by atoms with Crippen molar-refractivity contribution >= 4 is 15.9 Å². The van der Waals surface area contributed by atoms with E-state index in [1.165, 1.54) is 0 Å². The summed E-state index contributed by atoms with van der Waals surface area (Å²) in [6, 6.07) is 0. The topological polar surface area (TPSA) is 43.1 Å². The molecule has 0 spiro atoms. The lowest BCUT2D eigenvalue weighted by Gasteiger charge is -2.12. The molecule has 0 aliphatic carbocycles. The molecule has 3 nitrogen and oxygen atoms in total. The van der Waals surface area contributed by atoms with Crippen LogP contribution in [0, 0.1) is 10.1 Å². The van der Waals surface area contributed by atoms with Gasteiger partial charge in [-0.3, -0.25) is 10.1 Å². The average molecular weight is 224 g/mol. The molecular weight excluding hydrogens is 210 g/mol. The summed E-state index contributed by atoms with van der Waals surface area (Å²) in [4.78, 5) is 10.1. The van der Waals surface area contributed by atoms with Gasteiger partial charge in [0, 0.05) is 18.3 Å². The fraction of sp³-hybridized carbons (Fsp3) is 1.00. The Morgan fingerprint density at radius 3 is 2.45 bits per heavy atom. The van der Waals surface area contributed by atoms with Gasteiger partial charge in [-0.25, -0.2) is 0 Å². The van der Waals surface area contributed by atoms with Crippen LogP contribution in [0.2, 0.25) is 0 Å². The van der Waals surface area contributed by atoms with E-state index in [1.54, 1.807) is 6.92 Å². The SMILES string of the molecule is CCCCCC(C)(Br)[N+](=O)[O-]. The van der Waals surface area contributed by atoms with Crippen LogP contribution in [0.15, 0.2) is 0 Å². The molecule has 0 amide bonds. The number of alkyl halides is 1. The van der Waals surface area contributed by atoms with E-state index in [2.05, 4.69) is 22.9 Å². The van der Waals surface area contributed by atoms with Gasteiger partial charge in [0.15, 0.2) is 0 Å². The Labute approximate surface area is 75.4 Å². The molecule has 0 rings (SSSR count). The molecule has 11 heavy (non-hydrogen) atoms. The van der Waals surface area contributed by atoms with Crippen LogP contribution in [0.25, 0.3) is 0 Å².